The number of carboxylic acid groups (broad SMARTS) is 1. The first-order valence-electron chi connectivity index (χ1n) is 5.81. The topological polar surface area (TPSA) is 74.0 Å². The van der Waals surface area contributed by atoms with Crippen LogP contribution in [0.15, 0.2) is 22.8 Å². The van der Waals surface area contributed by atoms with Crippen molar-refractivity contribution in [3.63, 3.8) is 0 Å². The van der Waals surface area contributed by atoms with E-state index >= 15 is 0 Å². The lowest BCUT2D eigenvalue weighted by Crippen LogP contribution is -2.55. The van der Waals surface area contributed by atoms with Gasteiger partial charge in [-0.1, -0.05) is 0 Å². The Balaban J connectivity index is 2.04. The summed E-state index contributed by atoms with van der Waals surface area (Å²) >= 11 is 0. The van der Waals surface area contributed by atoms with Crippen molar-refractivity contribution < 1.29 is 19.1 Å². The van der Waals surface area contributed by atoms with Crippen LogP contribution in [-0.4, -0.2) is 53.0 Å². The number of amides is 1. The maximum Gasteiger partial charge on any atom is 0.305 e. The van der Waals surface area contributed by atoms with Crippen molar-refractivity contribution in [2.24, 2.45) is 0 Å². The minimum absolute atomic E-state index is 0.150. The molecule has 18 heavy (non-hydrogen) atoms. The Morgan fingerprint density at radius 3 is 2.94 bits per heavy atom. The van der Waals surface area contributed by atoms with Crippen LogP contribution in [0.25, 0.3) is 0 Å². The van der Waals surface area contributed by atoms with Crippen LogP contribution in [0.4, 0.5) is 0 Å². The monoisotopic (exact) mass is 252 g/mol. The molecule has 1 aromatic heterocycles. The van der Waals surface area contributed by atoms with Crippen molar-refractivity contribution in [3.05, 3.63) is 24.2 Å². The summed E-state index contributed by atoms with van der Waals surface area (Å²) in [5.41, 5.74) is 0. The normalized spacial score (nSPS) is 21.3. The van der Waals surface area contributed by atoms with Crippen molar-refractivity contribution >= 4 is 11.9 Å². The second-order valence-corrected chi connectivity index (χ2v) is 4.43. The highest BCUT2D eigenvalue weighted by Gasteiger charge is 2.34. The number of rotatable bonds is 4. The average Bonchev–Trinajstić information content (AvgIpc) is 2.81. The van der Waals surface area contributed by atoms with Crippen LogP contribution < -0.4 is 0 Å². The summed E-state index contributed by atoms with van der Waals surface area (Å²) in [6, 6.07) is 2.99. The van der Waals surface area contributed by atoms with Gasteiger partial charge in [-0.2, -0.15) is 0 Å². The van der Waals surface area contributed by atoms with Crippen molar-refractivity contribution in [1.82, 2.24) is 9.80 Å². The highest BCUT2D eigenvalue weighted by atomic mass is 16.4. The standard InChI is InChI=1S/C12H16N2O4/c1-13-4-5-14(8-9-3-2-6-18-9)12(17)10(13)7-11(15)16/h2-3,6,10H,4-5,7-8H2,1H3,(H,15,16). The maximum atomic E-state index is 12.2. The fourth-order valence-corrected chi connectivity index (χ4v) is 2.10. The fraction of sp³-hybridized carbons (Fsp3) is 0.500. The molecule has 0 saturated carbocycles. The largest absolute Gasteiger partial charge is 0.481 e. The smallest absolute Gasteiger partial charge is 0.305 e. The molecule has 0 bridgehead atoms. The third-order valence-electron chi connectivity index (χ3n) is 3.15. The van der Waals surface area contributed by atoms with Gasteiger partial charge in [-0.3, -0.25) is 14.5 Å². The SMILES string of the molecule is CN1CCN(Cc2ccco2)C(=O)C1CC(=O)O. The molecule has 2 heterocycles. The quantitative estimate of drug-likeness (QED) is 0.839. The minimum atomic E-state index is -0.958. The Morgan fingerprint density at radius 1 is 1.56 bits per heavy atom. The Bertz CT molecular complexity index is 429. The van der Waals surface area contributed by atoms with Crippen molar-refractivity contribution in [2.75, 3.05) is 20.1 Å². The van der Waals surface area contributed by atoms with Gasteiger partial charge in [0.1, 0.15) is 5.76 Å². The van der Waals surface area contributed by atoms with Gasteiger partial charge in [0.15, 0.2) is 0 Å². The third-order valence-corrected chi connectivity index (χ3v) is 3.15. The van der Waals surface area contributed by atoms with E-state index in [2.05, 4.69) is 0 Å². The molecule has 1 fully saturated rings. The highest BCUT2D eigenvalue weighted by Crippen LogP contribution is 2.16. The highest BCUT2D eigenvalue weighted by molar-refractivity contribution is 5.86. The van der Waals surface area contributed by atoms with E-state index in [4.69, 9.17) is 9.52 Å². The minimum Gasteiger partial charge on any atom is -0.481 e. The van der Waals surface area contributed by atoms with Gasteiger partial charge in [0.2, 0.25) is 5.91 Å². The van der Waals surface area contributed by atoms with Gasteiger partial charge in [-0.25, -0.2) is 0 Å². The molecule has 98 valence electrons. The summed E-state index contributed by atoms with van der Waals surface area (Å²) in [7, 11) is 1.77. The van der Waals surface area contributed by atoms with E-state index < -0.39 is 12.0 Å². The van der Waals surface area contributed by atoms with Crippen LogP contribution in [0.5, 0.6) is 0 Å². The lowest BCUT2D eigenvalue weighted by molar-refractivity contribution is -0.149. The maximum absolute atomic E-state index is 12.2. The second-order valence-electron chi connectivity index (χ2n) is 4.43. The van der Waals surface area contributed by atoms with E-state index in [9.17, 15) is 9.59 Å². The predicted molar refractivity (Wildman–Crippen MR) is 62.8 cm³/mol. The van der Waals surface area contributed by atoms with Gasteiger partial charge in [-0.05, 0) is 19.2 Å². The number of hydrogen-bond acceptors (Lipinski definition) is 4. The Morgan fingerprint density at radius 2 is 2.33 bits per heavy atom. The van der Waals surface area contributed by atoms with E-state index in [1.807, 2.05) is 0 Å². The number of hydrogen-bond donors (Lipinski definition) is 1. The molecule has 0 spiro atoms. The Labute approximate surface area is 105 Å². The molecule has 1 aliphatic rings. The summed E-state index contributed by atoms with van der Waals surface area (Å²) in [5, 5.41) is 8.83. The van der Waals surface area contributed by atoms with Gasteiger partial charge in [0.25, 0.3) is 0 Å². The number of nitrogens with zero attached hydrogens (tertiary/aromatic N) is 2. The van der Waals surface area contributed by atoms with E-state index in [0.717, 1.165) is 0 Å². The second kappa shape index (κ2) is 5.22. The van der Waals surface area contributed by atoms with Gasteiger partial charge < -0.3 is 14.4 Å². The summed E-state index contributed by atoms with van der Waals surface area (Å²) in [6.07, 6.45) is 1.40. The molecule has 6 heteroatoms. The van der Waals surface area contributed by atoms with Gasteiger partial charge >= 0.3 is 5.97 Å². The van der Waals surface area contributed by atoms with E-state index in [1.54, 1.807) is 35.2 Å². The Kier molecular flexibility index (Phi) is 3.66. The molecule has 0 aliphatic carbocycles. The molecular weight excluding hydrogens is 236 g/mol. The predicted octanol–water partition coefficient (Wildman–Crippen LogP) is 0.397. The number of piperazine rings is 1. The summed E-state index contributed by atoms with van der Waals surface area (Å²) in [6.45, 7) is 1.66. The zero-order valence-corrected chi connectivity index (χ0v) is 10.2. The van der Waals surface area contributed by atoms with Gasteiger partial charge in [0.05, 0.1) is 25.3 Å². The number of carbonyl (C=O) groups is 2. The van der Waals surface area contributed by atoms with Crippen LogP contribution in [0, 0.1) is 0 Å². The van der Waals surface area contributed by atoms with Crippen LogP contribution in [-0.2, 0) is 16.1 Å². The number of carboxylic acids is 1. The molecule has 2 rings (SSSR count). The Hall–Kier alpha value is -1.82. The van der Waals surface area contributed by atoms with E-state index in [0.29, 0.717) is 25.4 Å². The molecule has 1 saturated heterocycles. The molecule has 1 amide bonds. The van der Waals surface area contributed by atoms with Crippen LogP contribution in [0.2, 0.25) is 0 Å². The average molecular weight is 252 g/mol. The first kappa shape index (κ1) is 12.6. The first-order chi connectivity index (χ1) is 8.58. The molecule has 1 unspecified atom stereocenters. The summed E-state index contributed by atoms with van der Waals surface area (Å²) < 4.78 is 5.20. The van der Waals surface area contributed by atoms with E-state index in [-0.39, 0.29) is 12.3 Å². The fourth-order valence-electron chi connectivity index (χ4n) is 2.10. The zero-order chi connectivity index (χ0) is 13.1. The lowest BCUT2D eigenvalue weighted by atomic mass is 10.1. The van der Waals surface area contributed by atoms with Crippen LogP contribution in [0.3, 0.4) is 0 Å². The van der Waals surface area contributed by atoms with Gasteiger partial charge in [-0.15, -0.1) is 0 Å². The number of carbonyl (C=O) groups excluding carboxylic acids is 1. The summed E-state index contributed by atoms with van der Waals surface area (Å²) in [5.74, 6) is -0.399. The molecular formula is C12H16N2O4. The number of furan rings is 1. The molecule has 0 radical (unpaired) electrons. The first-order valence-corrected chi connectivity index (χ1v) is 5.81. The van der Waals surface area contributed by atoms with Crippen molar-refractivity contribution in [3.8, 4) is 0 Å². The summed E-state index contributed by atoms with van der Waals surface area (Å²) in [4.78, 5) is 26.4. The molecule has 1 aromatic rings. The number of aliphatic carboxylic acids is 1. The van der Waals surface area contributed by atoms with Crippen molar-refractivity contribution in [1.29, 1.82) is 0 Å². The molecule has 6 nitrogen and oxygen atoms in total. The van der Waals surface area contributed by atoms with Crippen LogP contribution in [0.1, 0.15) is 12.2 Å². The third kappa shape index (κ3) is 2.70. The van der Waals surface area contributed by atoms with Gasteiger partial charge in [0, 0.05) is 13.1 Å². The zero-order valence-electron chi connectivity index (χ0n) is 10.2. The van der Waals surface area contributed by atoms with E-state index in [1.165, 1.54) is 0 Å². The molecule has 1 aliphatic heterocycles. The molecule has 1 atom stereocenters. The van der Waals surface area contributed by atoms with Crippen molar-refractivity contribution in [2.45, 2.75) is 19.0 Å². The van der Waals surface area contributed by atoms with Crippen LogP contribution >= 0.6 is 0 Å². The molecule has 1 N–H and O–H groups in total. The lowest BCUT2D eigenvalue weighted by Gasteiger charge is -2.37. The molecule has 0 aromatic carbocycles. The number of likely N-dealkylation sites (N-methyl/N-ethyl adjacent to an activating group) is 1.